The number of sulfonamides is 1. The van der Waals surface area contributed by atoms with Gasteiger partial charge in [0.1, 0.15) is 5.75 Å². The van der Waals surface area contributed by atoms with Crippen LogP contribution in [0.1, 0.15) is 43.5 Å². The molecule has 0 amide bonds. The highest BCUT2D eigenvalue weighted by atomic mass is 32.2. The number of methoxy groups -OCH3 is 1. The predicted molar refractivity (Wildman–Crippen MR) is 117 cm³/mol. The van der Waals surface area contributed by atoms with Gasteiger partial charge >= 0.3 is 0 Å². The van der Waals surface area contributed by atoms with Gasteiger partial charge in [-0.05, 0) is 55.2 Å². The van der Waals surface area contributed by atoms with Crippen LogP contribution in [0, 0.1) is 0 Å². The third-order valence-corrected chi connectivity index (χ3v) is 7.59. The molecule has 0 saturated carbocycles. The van der Waals surface area contributed by atoms with E-state index in [0.717, 1.165) is 29.7 Å². The number of ether oxygens (including phenoxy) is 1. The maximum Gasteiger partial charge on any atom is 0.258 e. The molecular formula is C23H27N3O4S. The van der Waals surface area contributed by atoms with Crippen LogP contribution in [0.5, 0.6) is 5.75 Å². The molecule has 0 radical (unpaired) electrons. The van der Waals surface area contributed by atoms with Crippen molar-refractivity contribution in [1.82, 2.24) is 14.4 Å². The van der Waals surface area contributed by atoms with E-state index in [-0.39, 0.29) is 5.92 Å². The first-order valence-electron chi connectivity index (χ1n) is 10.6. The molecule has 0 bridgehead atoms. The lowest BCUT2D eigenvalue weighted by Crippen LogP contribution is -2.38. The van der Waals surface area contributed by atoms with Gasteiger partial charge in [0.2, 0.25) is 10.0 Å². The molecule has 1 saturated heterocycles. The summed E-state index contributed by atoms with van der Waals surface area (Å²) in [4.78, 5) is 4.90. The molecule has 2 heterocycles. The molecule has 1 fully saturated rings. The van der Waals surface area contributed by atoms with E-state index in [1.54, 1.807) is 23.5 Å². The molecule has 1 aliphatic rings. The van der Waals surface area contributed by atoms with Gasteiger partial charge in [-0.15, -0.1) is 0 Å². The highest BCUT2D eigenvalue weighted by molar-refractivity contribution is 7.89. The summed E-state index contributed by atoms with van der Waals surface area (Å²) in [6.07, 6.45) is 3.30. The normalized spacial score (nSPS) is 15.8. The Bertz CT molecular complexity index is 1120. The SMILES string of the molecule is CCCc1ccc(S(=O)(=O)N2CCC(c3noc(-c4cccc(OC)c4)n3)CC2)cc1. The molecule has 3 aromatic rings. The summed E-state index contributed by atoms with van der Waals surface area (Å²) >= 11 is 0. The highest BCUT2D eigenvalue weighted by Gasteiger charge is 2.31. The maximum absolute atomic E-state index is 13.0. The summed E-state index contributed by atoms with van der Waals surface area (Å²) in [7, 11) is -1.88. The standard InChI is InChI=1S/C23H27N3O4S/c1-3-5-17-8-10-21(11-9-17)31(27,28)26-14-12-18(13-15-26)22-24-23(30-25-22)19-6-4-7-20(16-19)29-2/h4,6-11,16,18H,3,5,12-15H2,1-2H3. The number of piperidine rings is 1. The Morgan fingerprint density at radius 3 is 2.55 bits per heavy atom. The van der Waals surface area contributed by atoms with Gasteiger partial charge in [-0.3, -0.25) is 0 Å². The fraction of sp³-hybridized carbons (Fsp3) is 0.391. The largest absolute Gasteiger partial charge is 0.497 e. The van der Waals surface area contributed by atoms with Crippen molar-refractivity contribution < 1.29 is 17.7 Å². The molecule has 0 spiro atoms. The lowest BCUT2D eigenvalue weighted by atomic mass is 9.97. The van der Waals surface area contributed by atoms with Gasteiger partial charge in [0, 0.05) is 24.6 Å². The quantitative estimate of drug-likeness (QED) is 0.544. The average molecular weight is 442 g/mol. The van der Waals surface area contributed by atoms with E-state index in [0.29, 0.717) is 42.5 Å². The van der Waals surface area contributed by atoms with E-state index in [4.69, 9.17) is 9.26 Å². The molecule has 1 aliphatic heterocycles. The van der Waals surface area contributed by atoms with Gasteiger partial charge in [0.15, 0.2) is 5.82 Å². The Hall–Kier alpha value is -2.71. The monoisotopic (exact) mass is 441 g/mol. The Labute approximate surface area is 183 Å². The maximum atomic E-state index is 13.0. The van der Waals surface area contributed by atoms with Gasteiger partial charge in [-0.1, -0.05) is 36.7 Å². The summed E-state index contributed by atoms with van der Waals surface area (Å²) in [5.41, 5.74) is 1.95. The zero-order chi connectivity index (χ0) is 21.8. The zero-order valence-electron chi connectivity index (χ0n) is 17.8. The molecule has 0 N–H and O–H groups in total. The van der Waals surface area contributed by atoms with Crippen LogP contribution < -0.4 is 4.74 Å². The van der Waals surface area contributed by atoms with Crippen molar-refractivity contribution in [2.75, 3.05) is 20.2 Å². The Morgan fingerprint density at radius 2 is 1.87 bits per heavy atom. The number of hydrogen-bond acceptors (Lipinski definition) is 6. The number of hydrogen-bond donors (Lipinski definition) is 0. The molecule has 164 valence electrons. The van der Waals surface area contributed by atoms with Crippen LogP contribution >= 0.6 is 0 Å². The first-order chi connectivity index (χ1) is 15.0. The summed E-state index contributed by atoms with van der Waals surface area (Å²) in [5, 5.41) is 4.15. The number of aromatic nitrogens is 2. The van der Waals surface area contributed by atoms with Crippen molar-refractivity contribution in [3.8, 4) is 17.2 Å². The van der Waals surface area contributed by atoms with E-state index < -0.39 is 10.0 Å². The lowest BCUT2D eigenvalue weighted by molar-refractivity contribution is 0.307. The van der Waals surface area contributed by atoms with Crippen LogP contribution in [0.4, 0.5) is 0 Å². The summed E-state index contributed by atoms with van der Waals surface area (Å²) in [5.74, 6) is 1.86. The lowest BCUT2D eigenvalue weighted by Gasteiger charge is -2.29. The van der Waals surface area contributed by atoms with E-state index >= 15 is 0 Å². The van der Waals surface area contributed by atoms with E-state index in [9.17, 15) is 8.42 Å². The Morgan fingerprint density at radius 1 is 1.13 bits per heavy atom. The second-order valence-electron chi connectivity index (χ2n) is 7.76. The third-order valence-electron chi connectivity index (χ3n) is 5.68. The fourth-order valence-electron chi connectivity index (χ4n) is 3.89. The summed E-state index contributed by atoms with van der Waals surface area (Å²) in [6.45, 7) is 2.98. The molecule has 8 heteroatoms. The first-order valence-corrected chi connectivity index (χ1v) is 12.0. The van der Waals surface area contributed by atoms with Gasteiger partial charge < -0.3 is 9.26 Å². The number of benzene rings is 2. The van der Waals surface area contributed by atoms with Crippen molar-refractivity contribution >= 4 is 10.0 Å². The topological polar surface area (TPSA) is 85.5 Å². The first kappa shape index (κ1) is 21.5. The fourth-order valence-corrected chi connectivity index (χ4v) is 5.36. The van der Waals surface area contributed by atoms with Crippen LogP contribution in [0.25, 0.3) is 11.5 Å². The Balaban J connectivity index is 1.42. The minimum Gasteiger partial charge on any atom is -0.497 e. The van der Waals surface area contributed by atoms with E-state index in [1.807, 2.05) is 36.4 Å². The van der Waals surface area contributed by atoms with Crippen LogP contribution in [0.3, 0.4) is 0 Å². The highest BCUT2D eigenvalue weighted by Crippen LogP contribution is 2.31. The van der Waals surface area contributed by atoms with Crippen molar-refractivity contribution in [2.24, 2.45) is 0 Å². The Kier molecular flexibility index (Phi) is 6.38. The minimum atomic E-state index is -3.49. The van der Waals surface area contributed by atoms with Crippen molar-refractivity contribution in [1.29, 1.82) is 0 Å². The van der Waals surface area contributed by atoms with Crippen molar-refractivity contribution in [3.05, 3.63) is 59.9 Å². The third kappa shape index (κ3) is 4.65. The van der Waals surface area contributed by atoms with Gasteiger partial charge in [0.05, 0.1) is 12.0 Å². The molecule has 0 unspecified atom stereocenters. The van der Waals surface area contributed by atoms with Gasteiger partial charge in [-0.2, -0.15) is 9.29 Å². The predicted octanol–water partition coefficient (Wildman–Crippen LogP) is 4.27. The van der Waals surface area contributed by atoms with Gasteiger partial charge in [0.25, 0.3) is 5.89 Å². The van der Waals surface area contributed by atoms with Crippen molar-refractivity contribution in [3.63, 3.8) is 0 Å². The molecule has 4 rings (SSSR count). The average Bonchev–Trinajstić information content (AvgIpc) is 3.30. The number of aryl methyl sites for hydroxylation is 1. The minimum absolute atomic E-state index is 0.0708. The van der Waals surface area contributed by atoms with Crippen molar-refractivity contribution in [2.45, 2.75) is 43.4 Å². The zero-order valence-corrected chi connectivity index (χ0v) is 18.6. The molecule has 31 heavy (non-hydrogen) atoms. The van der Waals surface area contributed by atoms with Crippen LogP contribution in [0.15, 0.2) is 57.9 Å². The molecule has 7 nitrogen and oxygen atoms in total. The molecule has 2 aromatic carbocycles. The number of nitrogens with zero attached hydrogens (tertiary/aromatic N) is 3. The molecular weight excluding hydrogens is 414 g/mol. The van der Waals surface area contributed by atoms with Crippen LogP contribution in [-0.2, 0) is 16.4 Å². The van der Waals surface area contributed by atoms with Gasteiger partial charge in [-0.25, -0.2) is 8.42 Å². The van der Waals surface area contributed by atoms with E-state index in [2.05, 4.69) is 17.1 Å². The summed E-state index contributed by atoms with van der Waals surface area (Å²) < 4.78 is 38.3. The molecule has 0 atom stereocenters. The molecule has 0 aliphatic carbocycles. The summed E-state index contributed by atoms with van der Waals surface area (Å²) in [6, 6.07) is 14.7. The molecule has 1 aromatic heterocycles. The van der Waals surface area contributed by atoms with Crippen LogP contribution in [-0.4, -0.2) is 43.1 Å². The second kappa shape index (κ2) is 9.20. The second-order valence-corrected chi connectivity index (χ2v) is 9.70. The number of rotatable bonds is 7. The van der Waals surface area contributed by atoms with E-state index in [1.165, 1.54) is 0 Å². The smallest absolute Gasteiger partial charge is 0.258 e. The van der Waals surface area contributed by atoms with Crippen LogP contribution in [0.2, 0.25) is 0 Å².